The molecule has 1 aliphatic rings. The second-order valence-corrected chi connectivity index (χ2v) is 7.10. The number of rotatable bonds is 6. The van der Waals surface area contributed by atoms with Gasteiger partial charge in [-0.1, -0.05) is 30.3 Å². The Hall–Kier alpha value is -2.65. The summed E-state index contributed by atoms with van der Waals surface area (Å²) >= 11 is 0. The summed E-state index contributed by atoms with van der Waals surface area (Å²) in [6.45, 7) is 1.25. The predicted octanol–water partition coefficient (Wildman–Crippen LogP) is 4.04. The minimum atomic E-state index is -4.76. The highest BCUT2D eigenvalue weighted by molar-refractivity contribution is 5.85. The lowest BCUT2D eigenvalue weighted by Crippen LogP contribution is -2.51. The van der Waals surface area contributed by atoms with E-state index in [0.29, 0.717) is 30.8 Å². The molecule has 1 aliphatic heterocycles. The number of amides is 2. The molecule has 3 rings (SSSR count). The Bertz CT molecular complexity index is 868. The standard InChI is InChI=1S/C21H24F3N3O3.ClH/c1-29-19-8-7-16(30-21(22,23)24)11-15(19)12-26-18-9-10-27(20(25)28)13-17(18)14-5-3-2-4-6-14;/h2-8,11,17-18,26H,9-10,12-13H2,1H3,(H2,25,28);1H/t17-,18-;/m1./s1. The van der Waals surface area contributed by atoms with Crippen LogP contribution in [0.3, 0.4) is 0 Å². The molecule has 0 saturated carbocycles. The van der Waals surface area contributed by atoms with Gasteiger partial charge in [-0.3, -0.25) is 0 Å². The third-order valence-electron chi connectivity index (χ3n) is 5.19. The summed E-state index contributed by atoms with van der Waals surface area (Å²) in [4.78, 5) is 13.3. The summed E-state index contributed by atoms with van der Waals surface area (Å²) in [7, 11) is 1.46. The summed E-state index contributed by atoms with van der Waals surface area (Å²) < 4.78 is 47.0. The van der Waals surface area contributed by atoms with Gasteiger partial charge in [0.05, 0.1) is 7.11 Å². The first-order valence-corrected chi connectivity index (χ1v) is 9.52. The van der Waals surface area contributed by atoms with Crippen LogP contribution < -0.4 is 20.5 Å². The lowest BCUT2D eigenvalue weighted by Gasteiger charge is -2.38. The fourth-order valence-electron chi connectivity index (χ4n) is 3.77. The minimum Gasteiger partial charge on any atom is -0.496 e. The molecule has 0 aromatic heterocycles. The van der Waals surface area contributed by atoms with Crippen molar-refractivity contribution in [2.24, 2.45) is 5.73 Å². The number of piperidine rings is 1. The average molecular weight is 460 g/mol. The maximum absolute atomic E-state index is 12.6. The number of ether oxygens (including phenoxy) is 2. The van der Waals surface area contributed by atoms with Crippen molar-refractivity contribution >= 4 is 18.4 Å². The number of halogens is 4. The van der Waals surface area contributed by atoms with E-state index >= 15 is 0 Å². The lowest BCUT2D eigenvalue weighted by atomic mass is 9.86. The molecule has 2 aromatic carbocycles. The molecule has 1 fully saturated rings. The number of carbonyl (C=O) groups excluding carboxylic acids is 1. The first-order chi connectivity index (χ1) is 14.3. The molecular formula is C21H25ClF3N3O3. The first-order valence-electron chi connectivity index (χ1n) is 9.52. The van der Waals surface area contributed by atoms with Gasteiger partial charge in [-0.25, -0.2) is 4.79 Å². The van der Waals surface area contributed by atoms with Crippen molar-refractivity contribution in [2.45, 2.75) is 31.3 Å². The molecule has 0 unspecified atom stereocenters. The van der Waals surface area contributed by atoms with E-state index in [1.165, 1.54) is 25.3 Å². The second kappa shape index (κ2) is 10.6. The van der Waals surface area contributed by atoms with Crippen LogP contribution in [0.15, 0.2) is 48.5 Å². The summed E-state index contributed by atoms with van der Waals surface area (Å²) in [5, 5.41) is 3.42. The van der Waals surface area contributed by atoms with E-state index in [1.807, 2.05) is 30.3 Å². The lowest BCUT2D eigenvalue weighted by molar-refractivity contribution is -0.274. The number of urea groups is 1. The van der Waals surface area contributed by atoms with Crippen molar-refractivity contribution in [1.82, 2.24) is 10.2 Å². The van der Waals surface area contributed by atoms with Crippen LogP contribution in [0.25, 0.3) is 0 Å². The molecule has 3 N–H and O–H groups in total. The van der Waals surface area contributed by atoms with Crippen LogP contribution in [-0.4, -0.2) is 43.5 Å². The number of benzene rings is 2. The summed E-state index contributed by atoms with van der Waals surface area (Å²) in [6, 6.07) is 13.3. The molecule has 31 heavy (non-hydrogen) atoms. The van der Waals surface area contributed by atoms with Crippen molar-refractivity contribution in [3.8, 4) is 11.5 Å². The van der Waals surface area contributed by atoms with Crippen LogP contribution in [0.2, 0.25) is 0 Å². The highest BCUT2D eigenvalue weighted by Crippen LogP contribution is 2.31. The molecular weight excluding hydrogens is 435 g/mol. The van der Waals surface area contributed by atoms with Gasteiger partial charge in [-0.05, 0) is 30.2 Å². The van der Waals surface area contributed by atoms with Crippen molar-refractivity contribution in [3.63, 3.8) is 0 Å². The molecule has 6 nitrogen and oxygen atoms in total. The van der Waals surface area contributed by atoms with Crippen molar-refractivity contribution in [2.75, 3.05) is 20.2 Å². The minimum absolute atomic E-state index is 0. The van der Waals surface area contributed by atoms with Gasteiger partial charge in [-0.2, -0.15) is 0 Å². The number of nitrogens with zero attached hydrogens (tertiary/aromatic N) is 1. The third-order valence-corrected chi connectivity index (χ3v) is 5.19. The van der Waals surface area contributed by atoms with E-state index in [2.05, 4.69) is 10.1 Å². The Labute approximate surface area is 184 Å². The van der Waals surface area contributed by atoms with Gasteiger partial charge in [0.2, 0.25) is 0 Å². The molecule has 0 spiro atoms. The Morgan fingerprint density at radius 2 is 1.94 bits per heavy atom. The quantitative estimate of drug-likeness (QED) is 0.683. The Balaban J connectivity index is 0.00000341. The number of nitrogens with one attached hydrogen (secondary N) is 1. The number of hydrogen-bond donors (Lipinski definition) is 2. The summed E-state index contributed by atoms with van der Waals surface area (Å²) in [6.07, 6.45) is -4.11. The number of hydrogen-bond acceptors (Lipinski definition) is 4. The highest BCUT2D eigenvalue weighted by atomic mass is 35.5. The summed E-state index contributed by atoms with van der Waals surface area (Å²) in [5.41, 5.74) is 7.07. The third kappa shape index (κ3) is 6.67. The molecule has 170 valence electrons. The number of likely N-dealkylation sites (tertiary alicyclic amines) is 1. The van der Waals surface area contributed by atoms with Crippen LogP contribution in [0.1, 0.15) is 23.5 Å². The maximum atomic E-state index is 12.6. The second-order valence-electron chi connectivity index (χ2n) is 7.10. The molecule has 0 aliphatic carbocycles. The van der Waals surface area contributed by atoms with Gasteiger partial charge in [0, 0.05) is 37.2 Å². The number of carbonyl (C=O) groups is 1. The Morgan fingerprint density at radius 3 is 2.55 bits per heavy atom. The highest BCUT2D eigenvalue weighted by Gasteiger charge is 2.33. The monoisotopic (exact) mass is 459 g/mol. The molecule has 0 bridgehead atoms. The molecule has 10 heteroatoms. The zero-order valence-electron chi connectivity index (χ0n) is 16.9. The Morgan fingerprint density at radius 1 is 1.23 bits per heavy atom. The van der Waals surface area contributed by atoms with Crippen LogP contribution in [0, 0.1) is 0 Å². The predicted molar refractivity (Wildman–Crippen MR) is 113 cm³/mol. The molecule has 2 atom stereocenters. The molecule has 1 heterocycles. The Kier molecular flexibility index (Phi) is 8.41. The van der Waals surface area contributed by atoms with E-state index < -0.39 is 12.4 Å². The number of alkyl halides is 3. The van der Waals surface area contributed by atoms with Crippen LogP contribution in [0.5, 0.6) is 11.5 Å². The fourth-order valence-corrected chi connectivity index (χ4v) is 3.77. The van der Waals surface area contributed by atoms with Gasteiger partial charge in [0.25, 0.3) is 0 Å². The van der Waals surface area contributed by atoms with Crippen molar-refractivity contribution in [3.05, 3.63) is 59.7 Å². The molecule has 1 saturated heterocycles. The molecule has 2 amide bonds. The van der Waals surface area contributed by atoms with E-state index in [4.69, 9.17) is 10.5 Å². The first kappa shape index (κ1) is 24.6. The van der Waals surface area contributed by atoms with E-state index in [9.17, 15) is 18.0 Å². The van der Waals surface area contributed by atoms with Crippen LogP contribution in [-0.2, 0) is 6.54 Å². The molecule has 2 aromatic rings. The number of methoxy groups -OCH3 is 1. The average Bonchev–Trinajstić information content (AvgIpc) is 2.71. The van der Waals surface area contributed by atoms with E-state index in [-0.39, 0.29) is 36.7 Å². The SMILES string of the molecule is COc1ccc(OC(F)(F)F)cc1CN[C@@H]1CCN(C(N)=O)C[C@@H]1c1ccccc1.Cl. The maximum Gasteiger partial charge on any atom is 0.573 e. The van der Waals surface area contributed by atoms with Gasteiger partial charge < -0.3 is 25.4 Å². The zero-order valence-corrected chi connectivity index (χ0v) is 17.7. The zero-order chi connectivity index (χ0) is 21.7. The van der Waals surface area contributed by atoms with E-state index in [0.717, 1.165) is 5.56 Å². The number of nitrogens with two attached hydrogens (primary N) is 1. The fraction of sp³-hybridized carbons (Fsp3) is 0.381. The van der Waals surface area contributed by atoms with Gasteiger partial charge in [-0.15, -0.1) is 25.6 Å². The van der Waals surface area contributed by atoms with Crippen LogP contribution in [0.4, 0.5) is 18.0 Å². The topological polar surface area (TPSA) is 76.8 Å². The summed E-state index contributed by atoms with van der Waals surface area (Å²) in [5.74, 6) is 0.152. The largest absolute Gasteiger partial charge is 0.573 e. The van der Waals surface area contributed by atoms with Gasteiger partial charge >= 0.3 is 12.4 Å². The van der Waals surface area contributed by atoms with Crippen LogP contribution >= 0.6 is 12.4 Å². The van der Waals surface area contributed by atoms with Crippen molar-refractivity contribution < 1.29 is 27.4 Å². The van der Waals surface area contributed by atoms with Crippen molar-refractivity contribution in [1.29, 1.82) is 0 Å². The van der Waals surface area contributed by atoms with Gasteiger partial charge in [0.1, 0.15) is 11.5 Å². The van der Waals surface area contributed by atoms with Gasteiger partial charge in [0.15, 0.2) is 0 Å². The smallest absolute Gasteiger partial charge is 0.496 e. The normalized spacial score (nSPS) is 18.8. The number of primary amides is 1. The van der Waals surface area contributed by atoms with E-state index in [1.54, 1.807) is 4.90 Å². The molecule has 0 radical (unpaired) electrons.